The molecule has 0 unspecified atom stereocenters. The van der Waals surface area contributed by atoms with Gasteiger partial charge in [0.15, 0.2) is 0 Å². The number of fused-ring (bicyclic) bond motifs is 1. The summed E-state index contributed by atoms with van der Waals surface area (Å²) >= 11 is 0. The summed E-state index contributed by atoms with van der Waals surface area (Å²) in [5, 5.41) is 4.91. The molecule has 0 aliphatic carbocycles. The fourth-order valence-corrected chi connectivity index (χ4v) is 2.19. The number of nitrogens with zero attached hydrogens (tertiary/aromatic N) is 2. The van der Waals surface area contributed by atoms with Crippen LogP contribution in [-0.4, -0.2) is 43.3 Å². The first-order valence-corrected chi connectivity index (χ1v) is 6.89. The standard InChI is InChI=1S/C15H21N5O/c1-11-8-18-20(10-12(7-16)9-17-2)15(21)13-5-3-4-6-14(13)19-11/h3-7,9,11,18-19H,8,10,16H2,1-2H3/b12-7+,17-9?/t11-/m1/s1. The fourth-order valence-electron chi connectivity index (χ4n) is 2.19. The second-order valence-corrected chi connectivity index (χ2v) is 4.97. The quantitative estimate of drug-likeness (QED) is 0.724. The molecule has 0 bridgehead atoms. The van der Waals surface area contributed by atoms with Gasteiger partial charge in [-0.1, -0.05) is 12.1 Å². The Labute approximate surface area is 124 Å². The molecular weight excluding hydrogens is 266 g/mol. The smallest absolute Gasteiger partial charge is 0.270 e. The zero-order chi connectivity index (χ0) is 15.2. The van der Waals surface area contributed by atoms with Crippen LogP contribution in [0.1, 0.15) is 17.3 Å². The van der Waals surface area contributed by atoms with E-state index in [4.69, 9.17) is 5.73 Å². The van der Waals surface area contributed by atoms with Crippen LogP contribution in [0.3, 0.4) is 0 Å². The fraction of sp³-hybridized carbons (Fsp3) is 0.333. The Morgan fingerprint density at radius 2 is 2.29 bits per heavy atom. The molecule has 2 rings (SSSR count). The Morgan fingerprint density at radius 3 is 3.00 bits per heavy atom. The minimum Gasteiger partial charge on any atom is -0.404 e. The minimum absolute atomic E-state index is 0.0890. The maximum Gasteiger partial charge on any atom is 0.270 e. The van der Waals surface area contributed by atoms with Crippen LogP contribution in [0.15, 0.2) is 41.0 Å². The molecule has 1 aliphatic heterocycles. The van der Waals surface area contributed by atoms with E-state index in [0.717, 1.165) is 11.3 Å². The lowest BCUT2D eigenvalue weighted by molar-refractivity contribution is 0.0678. The summed E-state index contributed by atoms with van der Waals surface area (Å²) in [5.41, 5.74) is 11.0. The summed E-state index contributed by atoms with van der Waals surface area (Å²) < 4.78 is 0. The number of aliphatic imine (C=N–C) groups is 1. The summed E-state index contributed by atoms with van der Waals surface area (Å²) in [6.45, 7) is 3.07. The molecule has 0 fully saturated rings. The first kappa shape index (κ1) is 15.1. The number of rotatable bonds is 3. The highest BCUT2D eigenvalue weighted by molar-refractivity contribution is 6.00. The summed E-state index contributed by atoms with van der Waals surface area (Å²) in [6, 6.07) is 7.71. The molecule has 0 aromatic heterocycles. The van der Waals surface area contributed by atoms with Gasteiger partial charge in [-0.3, -0.25) is 14.8 Å². The normalized spacial score (nSPS) is 19.9. The molecule has 1 amide bonds. The van der Waals surface area contributed by atoms with Crippen LogP contribution in [-0.2, 0) is 0 Å². The summed E-state index contributed by atoms with van der Waals surface area (Å²) in [7, 11) is 1.67. The van der Waals surface area contributed by atoms with Crippen LogP contribution in [0.2, 0.25) is 0 Å². The molecule has 0 saturated carbocycles. The number of hydrogen-bond donors (Lipinski definition) is 3. The van der Waals surface area contributed by atoms with E-state index in [-0.39, 0.29) is 11.9 Å². The van der Waals surface area contributed by atoms with Gasteiger partial charge in [0.25, 0.3) is 5.91 Å². The van der Waals surface area contributed by atoms with Gasteiger partial charge < -0.3 is 11.1 Å². The molecule has 0 radical (unpaired) electrons. The predicted octanol–water partition coefficient (Wildman–Crippen LogP) is 0.991. The molecule has 0 saturated heterocycles. The van der Waals surface area contributed by atoms with E-state index in [1.165, 1.54) is 6.20 Å². The molecular formula is C15H21N5O. The lowest BCUT2D eigenvalue weighted by Crippen LogP contribution is -2.49. The third-order valence-electron chi connectivity index (χ3n) is 3.24. The monoisotopic (exact) mass is 287 g/mol. The van der Waals surface area contributed by atoms with Gasteiger partial charge in [0, 0.05) is 43.3 Å². The predicted molar refractivity (Wildman–Crippen MR) is 85.3 cm³/mol. The maximum absolute atomic E-state index is 12.7. The molecule has 6 nitrogen and oxygen atoms in total. The molecule has 1 aromatic rings. The van der Waals surface area contributed by atoms with Gasteiger partial charge in [-0.05, 0) is 19.1 Å². The molecule has 112 valence electrons. The Morgan fingerprint density at radius 1 is 1.52 bits per heavy atom. The Bertz CT molecular complexity index is 567. The molecule has 0 spiro atoms. The Balaban J connectivity index is 2.29. The van der Waals surface area contributed by atoms with Crippen LogP contribution >= 0.6 is 0 Å². The number of hydrogen-bond acceptors (Lipinski definition) is 5. The summed E-state index contributed by atoms with van der Waals surface area (Å²) in [5.74, 6) is -0.0890. The van der Waals surface area contributed by atoms with Crippen molar-refractivity contribution >= 4 is 17.8 Å². The molecule has 4 N–H and O–H groups in total. The molecule has 1 atom stereocenters. The average molecular weight is 287 g/mol. The second kappa shape index (κ2) is 6.90. The number of nitrogens with one attached hydrogen (secondary N) is 2. The van der Waals surface area contributed by atoms with Crippen molar-refractivity contribution < 1.29 is 4.79 Å². The molecule has 1 aromatic carbocycles. The number of benzene rings is 1. The number of para-hydroxylation sites is 1. The number of nitrogens with two attached hydrogens (primary N) is 1. The van der Waals surface area contributed by atoms with Gasteiger partial charge in [-0.25, -0.2) is 5.43 Å². The average Bonchev–Trinajstić information content (AvgIpc) is 2.49. The number of carbonyl (C=O) groups is 1. The molecule has 6 heteroatoms. The first-order valence-electron chi connectivity index (χ1n) is 6.89. The number of carbonyl (C=O) groups excluding carboxylic acids is 1. The highest BCUT2D eigenvalue weighted by Gasteiger charge is 2.23. The van der Waals surface area contributed by atoms with E-state index >= 15 is 0 Å². The van der Waals surface area contributed by atoms with Gasteiger partial charge in [0.1, 0.15) is 0 Å². The highest BCUT2D eigenvalue weighted by Crippen LogP contribution is 2.19. The molecule has 1 aliphatic rings. The highest BCUT2D eigenvalue weighted by atomic mass is 16.2. The van der Waals surface area contributed by atoms with Crippen molar-refractivity contribution in [1.82, 2.24) is 10.4 Å². The molecule has 1 heterocycles. The van der Waals surface area contributed by atoms with Gasteiger partial charge in [0.05, 0.1) is 12.1 Å². The van der Waals surface area contributed by atoms with Crippen LogP contribution in [0, 0.1) is 0 Å². The van der Waals surface area contributed by atoms with Crippen LogP contribution in [0.5, 0.6) is 0 Å². The van der Waals surface area contributed by atoms with E-state index in [9.17, 15) is 4.79 Å². The maximum atomic E-state index is 12.7. The third kappa shape index (κ3) is 3.61. The summed E-state index contributed by atoms with van der Waals surface area (Å²) in [4.78, 5) is 16.6. The lowest BCUT2D eigenvalue weighted by atomic mass is 10.1. The summed E-state index contributed by atoms with van der Waals surface area (Å²) in [6.07, 6.45) is 3.12. The van der Waals surface area contributed by atoms with E-state index < -0.39 is 0 Å². The van der Waals surface area contributed by atoms with Crippen molar-refractivity contribution in [3.8, 4) is 0 Å². The van der Waals surface area contributed by atoms with Gasteiger partial charge in [0.2, 0.25) is 0 Å². The zero-order valence-corrected chi connectivity index (χ0v) is 12.3. The van der Waals surface area contributed by atoms with Gasteiger partial charge in [-0.2, -0.15) is 0 Å². The van der Waals surface area contributed by atoms with Crippen molar-refractivity contribution in [2.45, 2.75) is 13.0 Å². The second-order valence-electron chi connectivity index (χ2n) is 4.97. The van der Waals surface area contributed by atoms with E-state index in [1.54, 1.807) is 18.3 Å². The molecule has 21 heavy (non-hydrogen) atoms. The van der Waals surface area contributed by atoms with Crippen molar-refractivity contribution in [2.24, 2.45) is 10.7 Å². The van der Waals surface area contributed by atoms with Crippen molar-refractivity contribution in [3.63, 3.8) is 0 Å². The van der Waals surface area contributed by atoms with E-state index in [0.29, 0.717) is 18.7 Å². The Kier molecular flexibility index (Phi) is 4.94. The van der Waals surface area contributed by atoms with Gasteiger partial charge >= 0.3 is 0 Å². The van der Waals surface area contributed by atoms with Crippen LogP contribution < -0.4 is 16.5 Å². The first-order chi connectivity index (χ1) is 10.2. The van der Waals surface area contributed by atoms with Crippen molar-refractivity contribution in [1.29, 1.82) is 0 Å². The Hall–Kier alpha value is -2.34. The van der Waals surface area contributed by atoms with Crippen LogP contribution in [0.25, 0.3) is 0 Å². The number of amides is 1. The van der Waals surface area contributed by atoms with Crippen molar-refractivity contribution in [3.05, 3.63) is 41.6 Å². The van der Waals surface area contributed by atoms with Crippen molar-refractivity contribution in [2.75, 3.05) is 25.5 Å². The van der Waals surface area contributed by atoms with Gasteiger partial charge in [-0.15, -0.1) is 0 Å². The number of hydrazine groups is 1. The minimum atomic E-state index is -0.0890. The topological polar surface area (TPSA) is 82.8 Å². The van der Waals surface area contributed by atoms with Crippen LogP contribution in [0.4, 0.5) is 5.69 Å². The SMILES string of the molecule is CN=C/C(=C\N)CN1NC[C@@H](C)Nc2ccccc2C1=O. The third-order valence-corrected chi connectivity index (χ3v) is 3.24. The number of anilines is 1. The zero-order valence-electron chi connectivity index (χ0n) is 12.3. The van der Waals surface area contributed by atoms with E-state index in [2.05, 4.69) is 22.7 Å². The largest absolute Gasteiger partial charge is 0.404 e. The van der Waals surface area contributed by atoms with E-state index in [1.807, 2.05) is 24.3 Å². The lowest BCUT2D eigenvalue weighted by Gasteiger charge is -2.30.